The Morgan fingerprint density at radius 2 is 1.77 bits per heavy atom. The van der Waals surface area contributed by atoms with Crippen molar-refractivity contribution < 1.29 is 23.9 Å². The second-order valence-corrected chi connectivity index (χ2v) is 7.77. The van der Waals surface area contributed by atoms with Crippen LogP contribution in [0.1, 0.15) is 16.1 Å². The minimum atomic E-state index is -1.34. The number of halogens is 1. The van der Waals surface area contributed by atoms with Crippen molar-refractivity contribution in [3.63, 3.8) is 0 Å². The lowest BCUT2D eigenvalue weighted by Gasteiger charge is -2.28. The number of carboxylic acid groups (broad SMARTS) is 1. The average Bonchev–Trinajstić information content (AvgIpc) is 3.21. The summed E-state index contributed by atoms with van der Waals surface area (Å²) >= 11 is 8.50. The minimum absolute atomic E-state index is 0.0301. The molecule has 1 aliphatic heterocycles. The molecule has 1 saturated heterocycles. The summed E-state index contributed by atoms with van der Waals surface area (Å²) in [6.45, 7) is 0. The molecule has 1 aromatic heterocycles. The van der Waals surface area contributed by atoms with Crippen molar-refractivity contribution in [2.45, 2.75) is 0 Å². The average molecular weight is 496 g/mol. The quantitative estimate of drug-likeness (QED) is 0.339. The summed E-state index contributed by atoms with van der Waals surface area (Å²) in [5, 5.41) is 13.8. The van der Waals surface area contributed by atoms with Crippen molar-refractivity contribution >= 4 is 62.8 Å². The van der Waals surface area contributed by atoms with Gasteiger partial charge in [-0.3, -0.25) is 19.8 Å². The highest BCUT2D eigenvalue weighted by Crippen LogP contribution is 2.28. The van der Waals surface area contributed by atoms with Gasteiger partial charge in [-0.1, -0.05) is 40.2 Å². The second kappa shape index (κ2) is 8.29. The maximum Gasteiger partial charge on any atom is 0.270 e. The van der Waals surface area contributed by atoms with Crippen molar-refractivity contribution in [1.82, 2.24) is 5.32 Å². The summed E-state index contributed by atoms with van der Waals surface area (Å²) in [6, 6.07) is 16.2. The molecule has 1 N–H and O–H groups in total. The molecular weight excluding hydrogens is 484 g/mol. The zero-order chi connectivity index (χ0) is 22.1. The van der Waals surface area contributed by atoms with Gasteiger partial charge >= 0.3 is 0 Å². The molecule has 1 fully saturated rings. The van der Waals surface area contributed by atoms with Crippen molar-refractivity contribution in [2.75, 3.05) is 4.90 Å². The Labute approximate surface area is 190 Å². The molecule has 0 spiro atoms. The molecular formula is C22H12BrN2O5S-. The van der Waals surface area contributed by atoms with Gasteiger partial charge in [-0.05, 0) is 54.7 Å². The van der Waals surface area contributed by atoms with E-state index >= 15 is 0 Å². The first-order chi connectivity index (χ1) is 14.8. The van der Waals surface area contributed by atoms with Crippen molar-refractivity contribution in [1.29, 1.82) is 0 Å². The summed E-state index contributed by atoms with van der Waals surface area (Å²) in [7, 11) is 0. The molecule has 1 aliphatic rings. The van der Waals surface area contributed by atoms with Gasteiger partial charge in [0.2, 0.25) is 0 Å². The molecule has 0 atom stereocenters. The lowest BCUT2D eigenvalue weighted by molar-refractivity contribution is -0.255. The first-order valence-corrected chi connectivity index (χ1v) is 10.1. The highest BCUT2D eigenvalue weighted by molar-refractivity contribution is 9.10. The fourth-order valence-corrected chi connectivity index (χ4v) is 3.62. The molecule has 2 aromatic carbocycles. The Morgan fingerprint density at radius 3 is 2.48 bits per heavy atom. The number of amides is 2. The summed E-state index contributed by atoms with van der Waals surface area (Å²) in [5.41, 5.74) is 0.608. The number of anilines is 1. The maximum absolute atomic E-state index is 13.0. The Morgan fingerprint density at radius 1 is 1.06 bits per heavy atom. The number of carboxylic acids is 1. The van der Waals surface area contributed by atoms with E-state index in [1.54, 1.807) is 48.5 Å². The van der Waals surface area contributed by atoms with E-state index in [-0.39, 0.29) is 27.8 Å². The molecule has 0 unspecified atom stereocenters. The molecule has 2 amide bonds. The molecule has 9 heteroatoms. The van der Waals surface area contributed by atoms with E-state index < -0.39 is 17.8 Å². The SMILES string of the molecule is O=C1NC(=S)N(c2ccc(Br)cc2)C(=O)/C1=C\c1ccc(-c2ccccc2C(=O)[O-])o1. The molecule has 4 rings (SSSR count). The largest absolute Gasteiger partial charge is 0.545 e. The van der Waals surface area contributed by atoms with Crippen LogP contribution in [0.4, 0.5) is 5.69 Å². The standard InChI is InChI=1S/C22H13BrN2O5S/c23-12-5-7-13(8-6-12)25-20(27)17(19(26)24-22(25)31)11-14-9-10-18(30-14)15-3-1-2-4-16(15)21(28)29/h1-11H,(H,28,29)(H,24,26,31)/p-1/b17-11-. The lowest BCUT2D eigenvalue weighted by atomic mass is 10.1. The van der Waals surface area contributed by atoms with Crippen molar-refractivity contribution in [3.8, 4) is 11.3 Å². The molecule has 0 aliphatic carbocycles. The van der Waals surface area contributed by atoms with Gasteiger partial charge in [0.05, 0.1) is 11.7 Å². The van der Waals surface area contributed by atoms with Gasteiger partial charge in [0.25, 0.3) is 11.8 Å². The maximum atomic E-state index is 13.0. The third kappa shape index (κ3) is 4.05. The minimum Gasteiger partial charge on any atom is -0.545 e. The molecule has 0 bridgehead atoms. The van der Waals surface area contributed by atoms with Crippen LogP contribution in [-0.2, 0) is 9.59 Å². The van der Waals surface area contributed by atoms with Crippen LogP contribution < -0.4 is 15.3 Å². The number of aromatic carboxylic acids is 1. The number of nitrogens with one attached hydrogen (secondary N) is 1. The number of furan rings is 1. The predicted octanol–water partition coefficient (Wildman–Crippen LogP) is 2.90. The van der Waals surface area contributed by atoms with E-state index in [1.165, 1.54) is 23.1 Å². The first-order valence-electron chi connectivity index (χ1n) is 8.93. The number of hydrogen-bond acceptors (Lipinski definition) is 6. The smallest absolute Gasteiger partial charge is 0.270 e. The van der Waals surface area contributed by atoms with Crippen LogP contribution in [0.2, 0.25) is 0 Å². The molecule has 7 nitrogen and oxygen atoms in total. The number of carbonyl (C=O) groups is 3. The number of rotatable bonds is 4. The van der Waals surface area contributed by atoms with Crippen LogP contribution in [0.15, 0.2) is 75.1 Å². The van der Waals surface area contributed by atoms with Gasteiger partial charge < -0.3 is 14.3 Å². The molecule has 2 heterocycles. The topological polar surface area (TPSA) is 103 Å². The van der Waals surface area contributed by atoms with Crippen molar-refractivity contribution in [3.05, 3.63) is 82.0 Å². The normalized spacial score (nSPS) is 15.3. The van der Waals surface area contributed by atoms with Gasteiger partial charge in [-0.15, -0.1) is 0 Å². The molecule has 0 radical (unpaired) electrons. The Hall–Kier alpha value is -3.56. The van der Waals surface area contributed by atoms with E-state index in [2.05, 4.69) is 21.2 Å². The van der Waals surface area contributed by atoms with Gasteiger partial charge in [-0.25, -0.2) is 0 Å². The van der Waals surface area contributed by atoms with Gasteiger partial charge in [0, 0.05) is 15.6 Å². The van der Waals surface area contributed by atoms with E-state index in [1.807, 2.05) is 0 Å². The molecule has 31 heavy (non-hydrogen) atoms. The van der Waals surface area contributed by atoms with E-state index in [4.69, 9.17) is 16.6 Å². The van der Waals surface area contributed by atoms with Gasteiger partial charge in [0.15, 0.2) is 5.11 Å². The third-order valence-corrected chi connectivity index (χ3v) is 5.33. The number of hydrogen-bond donors (Lipinski definition) is 1. The first kappa shape index (κ1) is 20.7. The Kier molecular flexibility index (Phi) is 5.53. The summed E-state index contributed by atoms with van der Waals surface area (Å²) in [4.78, 5) is 38.0. The number of benzene rings is 2. The Balaban J connectivity index is 1.69. The number of carbonyl (C=O) groups excluding carboxylic acids is 3. The predicted molar refractivity (Wildman–Crippen MR) is 119 cm³/mol. The van der Waals surface area contributed by atoms with Crippen LogP contribution in [-0.4, -0.2) is 22.9 Å². The van der Waals surface area contributed by atoms with Crippen molar-refractivity contribution in [2.24, 2.45) is 0 Å². The zero-order valence-corrected chi connectivity index (χ0v) is 18.0. The third-order valence-electron chi connectivity index (χ3n) is 4.51. The van der Waals surface area contributed by atoms with E-state index in [0.29, 0.717) is 11.3 Å². The number of nitrogens with zero attached hydrogens (tertiary/aromatic N) is 1. The molecule has 0 saturated carbocycles. The second-order valence-electron chi connectivity index (χ2n) is 6.47. The van der Waals surface area contributed by atoms with E-state index in [9.17, 15) is 19.5 Å². The lowest BCUT2D eigenvalue weighted by Crippen LogP contribution is -2.54. The van der Waals surface area contributed by atoms with Gasteiger partial charge in [-0.2, -0.15) is 0 Å². The van der Waals surface area contributed by atoms with Crippen LogP contribution in [0.3, 0.4) is 0 Å². The summed E-state index contributed by atoms with van der Waals surface area (Å²) < 4.78 is 6.51. The fraction of sp³-hybridized carbons (Fsp3) is 0. The van der Waals surface area contributed by atoms with Gasteiger partial charge in [0.1, 0.15) is 17.1 Å². The Bertz CT molecular complexity index is 1260. The fourth-order valence-electron chi connectivity index (χ4n) is 3.08. The van der Waals surface area contributed by atoms with Crippen LogP contribution in [0.25, 0.3) is 17.4 Å². The monoisotopic (exact) mass is 495 g/mol. The highest BCUT2D eigenvalue weighted by atomic mass is 79.9. The zero-order valence-electron chi connectivity index (χ0n) is 15.6. The summed E-state index contributed by atoms with van der Waals surface area (Å²) in [6.07, 6.45) is 1.29. The number of thiocarbonyl (C=S) groups is 1. The highest BCUT2D eigenvalue weighted by Gasteiger charge is 2.34. The van der Waals surface area contributed by atoms with Crippen LogP contribution in [0, 0.1) is 0 Å². The van der Waals surface area contributed by atoms with E-state index in [0.717, 1.165) is 4.47 Å². The van der Waals surface area contributed by atoms with Crippen LogP contribution in [0.5, 0.6) is 0 Å². The summed E-state index contributed by atoms with van der Waals surface area (Å²) in [5.74, 6) is -2.14. The molecule has 3 aromatic rings. The van der Waals surface area contributed by atoms with Crippen LogP contribution >= 0.6 is 28.1 Å². The molecule has 154 valence electrons.